The van der Waals surface area contributed by atoms with Crippen molar-refractivity contribution in [3.63, 3.8) is 0 Å². The fourth-order valence-electron chi connectivity index (χ4n) is 1.23. The first-order valence-corrected chi connectivity index (χ1v) is 6.23. The lowest BCUT2D eigenvalue weighted by atomic mass is 10.2. The second-order valence-electron chi connectivity index (χ2n) is 3.46. The lowest BCUT2D eigenvalue weighted by Crippen LogP contribution is -1.96. The van der Waals surface area contributed by atoms with Crippen molar-refractivity contribution in [1.29, 1.82) is 0 Å². The van der Waals surface area contributed by atoms with Crippen molar-refractivity contribution in [3.05, 3.63) is 0 Å². The molecular formula is C11H24OS. The van der Waals surface area contributed by atoms with Gasteiger partial charge in [-0.3, -0.25) is 0 Å². The van der Waals surface area contributed by atoms with Crippen LogP contribution in [0.5, 0.6) is 0 Å². The normalized spacial score (nSPS) is 10.6. The molecule has 0 saturated heterocycles. The summed E-state index contributed by atoms with van der Waals surface area (Å²) in [7, 11) is 0. The highest BCUT2D eigenvalue weighted by Gasteiger charge is 1.90. The first-order valence-electron chi connectivity index (χ1n) is 5.60. The van der Waals surface area contributed by atoms with Gasteiger partial charge in [0.05, 0.1) is 0 Å². The van der Waals surface area contributed by atoms with E-state index >= 15 is 0 Å². The zero-order chi connectivity index (χ0) is 9.78. The van der Waals surface area contributed by atoms with Gasteiger partial charge in [-0.15, -0.1) is 0 Å². The Morgan fingerprint density at radius 1 is 0.846 bits per heavy atom. The third-order valence-corrected chi connectivity index (χ3v) is 2.41. The molecule has 0 aromatic heterocycles. The van der Waals surface area contributed by atoms with E-state index in [-0.39, 0.29) is 0 Å². The Bertz CT molecular complexity index is 76.2. The standard InChI is InChI=1S/C11H24OS/c1-2-3-6-9-12-10-7-4-5-8-11-13/h13H,2-11H2,1H3. The van der Waals surface area contributed by atoms with Crippen molar-refractivity contribution >= 4 is 12.6 Å². The summed E-state index contributed by atoms with van der Waals surface area (Å²) >= 11 is 4.17. The molecule has 0 aromatic carbocycles. The number of ether oxygens (including phenoxy) is 1. The van der Waals surface area contributed by atoms with Crippen LogP contribution in [0.1, 0.15) is 51.9 Å². The van der Waals surface area contributed by atoms with Crippen molar-refractivity contribution in [2.75, 3.05) is 19.0 Å². The van der Waals surface area contributed by atoms with E-state index in [4.69, 9.17) is 4.74 Å². The zero-order valence-electron chi connectivity index (χ0n) is 8.93. The second kappa shape index (κ2) is 12.3. The average molecular weight is 204 g/mol. The second-order valence-corrected chi connectivity index (χ2v) is 3.90. The van der Waals surface area contributed by atoms with E-state index < -0.39 is 0 Å². The van der Waals surface area contributed by atoms with Gasteiger partial charge in [-0.2, -0.15) is 12.6 Å². The first-order chi connectivity index (χ1) is 6.41. The van der Waals surface area contributed by atoms with Gasteiger partial charge < -0.3 is 4.74 Å². The molecule has 0 saturated carbocycles. The Morgan fingerprint density at radius 3 is 2.08 bits per heavy atom. The molecule has 0 N–H and O–H groups in total. The topological polar surface area (TPSA) is 9.23 Å². The molecule has 80 valence electrons. The molecule has 1 nitrogen and oxygen atoms in total. The predicted molar refractivity (Wildman–Crippen MR) is 62.7 cm³/mol. The maximum atomic E-state index is 5.50. The molecule has 0 radical (unpaired) electrons. The monoisotopic (exact) mass is 204 g/mol. The molecule has 0 unspecified atom stereocenters. The summed E-state index contributed by atoms with van der Waals surface area (Å²) in [5.41, 5.74) is 0. The highest BCUT2D eigenvalue weighted by Crippen LogP contribution is 2.01. The lowest BCUT2D eigenvalue weighted by molar-refractivity contribution is 0.126. The predicted octanol–water partition coefficient (Wildman–Crippen LogP) is 3.68. The van der Waals surface area contributed by atoms with Crippen molar-refractivity contribution < 1.29 is 4.74 Å². The minimum atomic E-state index is 0.955. The first kappa shape index (κ1) is 13.3. The summed E-state index contributed by atoms with van der Waals surface area (Å²) in [6.45, 7) is 4.13. The van der Waals surface area contributed by atoms with Crippen LogP contribution in [0.3, 0.4) is 0 Å². The Hall–Kier alpha value is 0.310. The number of rotatable bonds is 10. The molecule has 0 heterocycles. The molecule has 13 heavy (non-hydrogen) atoms. The Balaban J connectivity index is 2.76. The summed E-state index contributed by atoms with van der Waals surface area (Å²) in [5, 5.41) is 0. The molecule has 0 fully saturated rings. The van der Waals surface area contributed by atoms with Crippen LogP contribution in [0.15, 0.2) is 0 Å². The summed E-state index contributed by atoms with van der Waals surface area (Å²) < 4.78 is 5.50. The van der Waals surface area contributed by atoms with Gasteiger partial charge in [-0.25, -0.2) is 0 Å². The van der Waals surface area contributed by atoms with E-state index in [1.54, 1.807) is 0 Å². The maximum absolute atomic E-state index is 5.50. The van der Waals surface area contributed by atoms with Crippen LogP contribution in [0.2, 0.25) is 0 Å². The molecule has 0 aliphatic heterocycles. The highest BCUT2D eigenvalue weighted by atomic mass is 32.1. The van der Waals surface area contributed by atoms with Crippen molar-refractivity contribution in [2.45, 2.75) is 51.9 Å². The number of hydrogen-bond donors (Lipinski definition) is 1. The van der Waals surface area contributed by atoms with Gasteiger partial charge in [0, 0.05) is 13.2 Å². The molecule has 0 atom stereocenters. The van der Waals surface area contributed by atoms with Crippen LogP contribution in [0.25, 0.3) is 0 Å². The van der Waals surface area contributed by atoms with Gasteiger partial charge in [0.2, 0.25) is 0 Å². The molecule has 0 rings (SSSR count). The zero-order valence-corrected chi connectivity index (χ0v) is 9.82. The molecule has 0 aromatic rings. The average Bonchev–Trinajstić information content (AvgIpc) is 2.16. The van der Waals surface area contributed by atoms with E-state index in [2.05, 4.69) is 19.6 Å². The minimum Gasteiger partial charge on any atom is -0.381 e. The van der Waals surface area contributed by atoms with E-state index in [0.29, 0.717) is 0 Å². The summed E-state index contributed by atoms with van der Waals surface area (Å²) in [5.74, 6) is 1.03. The van der Waals surface area contributed by atoms with Gasteiger partial charge in [0.15, 0.2) is 0 Å². The van der Waals surface area contributed by atoms with Crippen molar-refractivity contribution in [1.82, 2.24) is 0 Å². The maximum Gasteiger partial charge on any atom is 0.0466 e. The smallest absolute Gasteiger partial charge is 0.0466 e. The van der Waals surface area contributed by atoms with Crippen LogP contribution in [0, 0.1) is 0 Å². The van der Waals surface area contributed by atoms with Gasteiger partial charge in [0.25, 0.3) is 0 Å². The highest BCUT2D eigenvalue weighted by molar-refractivity contribution is 7.80. The number of thiol groups is 1. The largest absolute Gasteiger partial charge is 0.381 e. The van der Waals surface area contributed by atoms with E-state index in [1.807, 2.05) is 0 Å². The SMILES string of the molecule is CCCCCOCCCCCCS. The van der Waals surface area contributed by atoms with Crippen LogP contribution in [-0.2, 0) is 4.74 Å². The molecule has 0 bridgehead atoms. The third kappa shape index (κ3) is 12.3. The lowest BCUT2D eigenvalue weighted by Gasteiger charge is -2.02. The van der Waals surface area contributed by atoms with Crippen molar-refractivity contribution in [3.8, 4) is 0 Å². The molecule has 0 spiro atoms. The van der Waals surface area contributed by atoms with Crippen LogP contribution < -0.4 is 0 Å². The number of unbranched alkanes of at least 4 members (excludes halogenated alkanes) is 5. The molecule has 2 heteroatoms. The fourth-order valence-corrected chi connectivity index (χ4v) is 1.45. The molecule has 0 amide bonds. The molecule has 0 aliphatic carbocycles. The van der Waals surface area contributed by atoms with E-state index in [1.165, 1.54) is 44.9 Å². The van der Waals surface area contributed by atoms with Crippen LogP contribution >= 0.6 is 12.6 Å². The number of hydrogen-bond acceptors (Lipinski definition) is 2. The van der Waals surface area contributed by atoms with Gasteiger partial charge in [-0.1, -0.05) is 32.6 Å². The van der Waals surface area contributed by atoms with Gasteiger partial charge >= 0.3 is 0 Å². The molecular weight excluding hydrogens is 180 g/mol. The quantitative estimate of drug-likeness (QED) is 0.422. The summed E-state index contributed by atoms with van der Waals surface area (Å²) in [6, 6.07) is 0. The van der Waals surface area contributed by atoms with E-state index in [9.17, 15) is 0 Å². The Morgan fingerprint density at radius 2 is 1.46 bits per heavy atom. The third-order valence-electron chi connectivity index (χ3n) is 2.09. The van der Waals surface area contributed by atoms with Crippen LogP contribution in [0.4, 0.5) is 0 Å². The molecule has 0 aliphatic rings. The minimum absolute atomic E-state index is 0.955. The van der Waals surface area contributed by atoms with Gasteiger partial charge in [0.1, 0.15) is 0 Å². The van der Waals surface area contributed by atoms with Crippen molar-refractivity contribution in [2.24, 2.45) is 0 Å². The Labute approximate surface area is 88.7 Å². The van der Waals surface area contributed by atoms with Crippen LogP contribution in [-0.4, -0.2) is 19.0 Å². The van der Waals surface area contributed by atoms with E-state index in [0.717, 1.165) is 19.0 Å². The summed E-state index contributed by atoms with van der Waals surface area (Å²) in [4.78, 5) is 0. The summed E-state index contributed by atoms with van der Waals surface area (Å²) in [6.07, 6.45) is 8.90. The van der Waals surface area contributed by atoms with Gasteiger partial charge in [-0.05, 0) is 25.0 Å². The fraction of sp³-hybridized carbons (Fsp3) is 1.00. The Kier molecular flexibility index (Phi) is 12.6.